The van der Waals surface area contributed by atoms with Crippen molar-refractivity contribution < 1.29 is 91.4 Å². The third-order valence-corrected chi connectivity index (χ3v) is 21.9. The minimum atomic E-state index is -1.77. The molecule has 0 radical (unpaired) electrons. The quantitative estimate of drug-likeness (QED) is 0.0441. The number of unbranched alkanes of at least 4 members (excludes halogenated alkanes) is 1. The fourth-order valence-electron chi connectivity index (χ4n) is 17.2. The molecule has 1 aromatic rings. The Kier molecular flexibility index (Phi) is 17.5. The predicted molar refractivity (Wildman–Crippen MR) is 305 cm³/mol. The standard InChI is InChI=1S/C66H90O19/c1-14-62(6,7)80-31-44-53(73)56(54(74)60(82-44)84-55-51-39(32(2)29-79-35(5)67)26-47(69)64(51,9)28-41-36(30-76-12)19-20-37(41)34(4)52(55)72)83-48(70)18-16-15-17-42-38(22-24-78-42)40-25-43-50(33(40)3)66(11)45(27-49(71)77-13)65(10)46(68)21-23-63(8)58(65)57(59(66)81-43)85-61(63)75/h14,21-24,28,32,34,36-37,40,43-45,47,52-60,69,72-74H,1,15-20,25-27,29-31H2,2-13H3/b41-28-/t32-,34-,36-,37+,40-,43-,44?,45-,47+,52-,53?,54?,55-,56?,57-,58?,59-,60?,63-,64+,65+,66-/m1/s1. The van der Waals surface area contributed by atoms with Crippen molar-refractivity contribution in [2.75, 3.05) is 34.0 Å². The van der Waals surface area contributed by atoms with E-state index in [1.165, 1.54) is 20.1 Å². The summed E-state index contributed by atoms with van der Waals surface area (Å²) >= 11 is 0. The summed E-state index contributed by atoms with van der Waals surface area (Å²) in [7, 11) is 2.99. The number of carbonyl (C=O) groups excluding carboxylic acids is 5. The highest BCUT2D eigenvalue weighted by Gasteiger charge is 2.78. The number of aryl methyl sites for hydroxylation is 1. The van der Waals surface area contributed by atoms with Crippen LogP contribution in [0.3, 0.4) is 0 Å². The van der Waals surface area contributed by atoms with E-state index in [4.69, 9.17) is 47.0 Å². The Morgan fingerprint density at radius 2 is 1.68 bits per heavy atom. The Morgan fingerprint density at radius 1 is 0.941 bits per heavy atom. The molecule has 0 spiro atoms. The molecule has 19 nitrogen and oxygen atoms in total. The number of methoxy groups -OCH3 is 2. The highest BCUT2D eigenvalue weighted by molar-refractivity contribution is 6.00. The topological polar surface area (TPSA) is 262 Å². The van der Waals surface area contributed by atoms with Crippen LogP contribution in [-0.4, -0.2) is 157 Å². The average molecular weight is 1190 g/mol. The number of fused-ring (bicyclic) bond motifs is 6. The first-order chi connectivity index (χ1) is 40.1. The van der Waals surface area contributed by atoms with E-state index in [1.54, 1.807) is 46.3 Å². The van der Waals surface area contributed by atoms with E-state index < -0.39 is 136 Å². The molecule has 6 unspecified atom stereocenters. The van der Waals surface area contributed by atoms with Crippen molar-refractivity contribution in [2.24, 2.45) is 57.2 Å². The highest BCUT2D eigenvalue weighted by Crippen LogP contribution is 2.72. The molecular weight excluding hydrogens is 1100 g/mol. The maximum absolute atomic E-state index is 14.3. The van der Waals surface area contributed by atoms with Crippen molar-refractivity contribution in [1.29, 1.82) is 0 Å². The van der Waals surface area contributed by atoms with Gasteiger partial charge in [-0.25, -0.2) is 0 Å². The van der Waals surface area contributed by atoms with Crippen LogP contribution in [0.25, 0.3) is 0 Å². The maximum atomic E-state index is 14.3. The number of hydrogen-bond donors (Lipinski definition) is 4. The van der Waals surface area contributed by atoms with E-state index in [9.17, 15) is 44.4 Å². The average Bonchev–Trinajstić information content (AvgIpc) is 1.56. The SMILES string of the molecule is C=CC(C)(C)OCC1OC(O[C@@H]2C3=C([C@H](C)COC(C)=O)C[C@H](O)[C@]3(C)/C=C3/[C@@H](COC)CC[C@H]3[C@@H](C)[C@H]2O)C(O)C(OC(=O)CCCCc2occc2[C@@H]2C[C@H]3O[C@@H]4[C@@H]5OC(=O)[C@]6(C)C=CC(=O)[C@@](C)(C56)[C@@H](CC(=O)OC)[C@]4(C)C3=C2C)C1O. The van der Waals surface area contributed by atoms with Crippen LogP contribution in [0, 0.1) is 57.2 Å². The first-order valence-electron chi connectivity index (χ1n) is 30.6. The number of rotatable bonds is 20. The second-order valence-corrected chi connectivity index (χ2v) is 27.3. The zero-order valence-electron chi connectivity index (χ0n) is 51.5. The van der Waals surface area contributed by atoms with Gasteiger partial charge in [0.15, 0.2) is 18.2 Å². The van der Waals surface area contributed by atoms with Gasteiger partial charge in [0, 0.05) is 72.4 Å². The second-order valence-electron chi connectivity index (χ2n) is 27.3. The van der Waals surface area contributed by atoms with Crippen LogP contribution in [0.4, 0.5) is 0 Å². The number of allylic oxidation sites excluding steroid dienone is 2. The number of ketones is 1. The molecule has 9 aliphatic rings. The summed E-state index contributed by atoms with van der Waals surface area (Å²) in [6.45, 7) is 22.6. The van der Waals surface area contributed by atoms with E-state index in [0.717, 1.165) is 46.5 Å². The lowest BCUT2D eigenvalue weighted by molar-refractivity contribution is -0.320. The summed E-state index contributed by atoms with van der Waals surface area (Å²) < 4.78 is 61.3. The molecule has 6 aliphatic carbocycles. The van der Waals surface area contributed by atoms with Crippen LogP contribution in [0.15, 0.2) is 75.5 Å². The van der Waals surface area contributed by atoms with Gasteiger partial charge in [-0.3, -0.25) is 24.0 Å². The molecule has 2 saturated carbocycles. The summed E-state index contributed by atoms with van der Waals surface area (Å²) in [5.41, 5.74) is 0.329. The molecule has 19 heteroatoms. The van der Waals surface area contributed by atoms with E-state index >= 15 is 0 Å². The zero-order valence-corrected chi connectivity index (χ0v) is 51.5. The normalized spacial score (nSPS) is 41.8. The number of esters is 4. The van der Waals surface area contributed by atoms with E-state index in [0.29, 0.717) is 37.9 Å². The van der Waals surface area contributed by atoms with E-state index in [2.05, 4.69) is 19.6 Å². The molecule has 4 N–H and O–H groups in total. The van der Waals surface area contributed by atoms with Crippen LogP contribution >= 0.6 is 0 Å². The molecule has 0 aromatic carbocycles. The third-order valence-electron chi connectivity index (χ3n) is 21.9. The lowest BCUT2D eigenvalue weighted by Crippen LogP contribution is -2.66. The summed E-state index contributed by atoms with van der Waals surface area (Å²) in [4.78, 5) is 67.4. The van der Waals surface area contributed by atoms with E-state index in [1.807, 2.05) is 40.7 Å². The number of ether oxygens (including phenoxy) is 9. The summed E-state index contributed by atoms with van der Waals surface area (Å²) in [5.74, 6) is -3.56. The van der Waals surface area contributed by atoms with Gasteiger partial charge in [-0.1, -0.05) is 62.6 Å². The molecule has 3 saturated heterocycles. The van der Waals surface area contributed by atoms with Crippen molar-refractivity contribution in [3.63, 3.8) is 0 Å². The Bertz CT molecular complexity index is 2910. The van der Waals surface area contributed by atoms with Crippen molar-refractivity contribution in [2.45, 2.75) is 206 Å². The third kappa shape index (κ3) is 10.6. The molecule has 1 aromatic heterocycles. The summed E-state index contributed by atoms with van der Waals surface area (Å²) in [5, 5.41) is 49.1. The second kappa shape index (κ2) is 23.6. The Hall–Kier alpha value is -4.83. The van der Waals surface area contributed by atoms with Gasteiger partial charge in [-0.05, 0) is 114 Å². The number of hydrogen-bond acceptors (Lipinski definition) is 19. The molecule has 10 rings (SSSR count). The fraction of sp³-hybridized carbons (Fsp3) is 0.712. The number of aliphatic hydroxyl groups excluding tert-OH is 4. The number of aliphatic hydroxyl groups is 4. The molecular formula is C66H90O19. The molecule has 468 valence electrons. The fourth-order valence-corrected chi connectivity index (χ4v) is 17.2. The minimum Gasteiger partial charge on any atom is -0.469 e. The first kappa shape index (κ1) is 63.2. The maximum Gasteiger partial charge on any atom is 0.316 e. The molecule has 4 heterocycles. The lowest BCUT2D eigenvalue weighted by atomic mass is 9.42. The van der Waals surface area contributed by atoms with Gasteiger partial charge in [0.1, 0.15) is 42.4 Å². The number of furan rings is 1. The Morgan fingerprint density at radius 3 is 2.38 bits per heavy atom. The largest absolute Gasteiger partial charge is 0.469 e. The van der Waals surface area contributed by atoms with Crippen LogP contribution in [0.1, 0.15) is 138 Å². The molecule has 3 aliphatic heterocycles. The molecule has 0 amide bonds. The smallest absolute Gasteiger partial charge is 0.316 e. The van der Waals surface area contributed by atoms with Crippen molar-refractivity contribution in [3.05, 3.63) is 82.4 Å². The van der Waals surface area contributed by atoms with Crippen LogP contribution < -0.4 is 0 Å². The Labute approximate surface area is 498 Å². The summed E-state index contributed by atoms with van der Waals surface area (Å²) in [6, 6.07) is 1.94. The van der Waals surface area contributed by atoms with Gasteiger partial charge in [-0.2, -0.15) is 0 Å². The molecule has 0 bridgehead atoms. The van der Waals surface area contributed by atoms with Gasteiger partial charge in [-0.15, -0.1) is 6.58 Å². The van der Waals surface area contributed by atoms with Crippen molar-refractivity contribution in [3.8, 4) is 0 Å². The Balaban J connectivity index is 0.866. The van der Waals surface area contributed by atoms with Crippen LogP contribution in [0.5, 0.6) is 0 Å². The van der Waals surface area contributed by atoms with Gasteiger partial charge in [0.25, 0.3) is 0 Å². The van der Waals surface area contributed by atoms with Gasteiger partial charge < -0.3 is 67.5 Å². The molecule has 5 fully saturated rings. The minimum absolute atomic E-state index is 0.00920. The number of carbonyl (C=O) groups is 5. The summed E-state index contributed by atoms with van der Waals surface area (Å²) in [6.07, 6.45) is -0.802. The van der Waals surface area contributed by atoms with Crippen LogP contribution in [-0.2, 0) is 73.0 Å². The van der Waals surface area contributed by atoms with Crippen LogP contribution in [0.2, 0.25) is 0 Å². The monoisotopic (exact) mass is 1190 g/mol. The highest BCUT2D eigenvalue weighted by atomic mass is 16.7. The molecule has 22 atom stereocenters. The van der Waals surface area contributed by atoms with Crippen molar-refractivity contribution >= 4 is 29.7 Å². The van der Waals surface area contributed by atoms with Crippen molar-refractivity contribution in [1.82, 2.24) is 0 Å². The zero-order chi connectivity index (χ0) is 61.6. The predicted octanol–water partition coefficient (Wildman–Crippen LogP) is 7.06. The van der Waals surface area contributed by atoms with E-state index in [-0.39, 0.29) is 62.1 Å². The first-order valence-corrected chi connectivity index (χ1v) is 30.6. The lowest BCUT2D eigenvalue weighted by Gasteiger charge is -2.59. The van der Waals surface area contributed by atoms with Gasteiger partial charge >= 0.3 is 23.9 Å². The molecule has 85 heavy (non-hydrogen) atoms. The van der Waals surface area contributed by atoms with Gasteiger partial charge in [0.2, 0.25) is 0 Å². The van der Waals surface area contributed by atoms with Gasteiger partial charge in [0.05, 0.1) is 68.9 Å².